The highest BCUT2D eigenvalue weighted by atomic mass is 16.5. The molecular weight excluding hydrogens is 350 g/mol. The van der Waals surface area contributed by atoms with Crippen molar-refractivity contribution in [1.82, 2.24) is 4.98 Å². The van der Waals surface area contributed by atoms with Gasteiger partial charge in [-0.2, -0.15) is 0 Å². The second kappa shape index (κ2) is 7.78. The van der Waals surface area contributed by atoms with Crippen LogP contribution in [0, 0.1) is 6.92 Å². The fraction of sp³-hybridized carbons (Fsp3) is 0.417. The predicted molar refractivity (Wildman–Crippen MR) is 111 cm³/mol. The Bertz CT molecular complexity index is 911. The molecule has 0 aliphatic heterocycles. The summed E-state index contributed by atoms with van der Waals surface area (Å²) in [5.41, 5.74) is 5.15. The molecule has 1 atom stereocenters. The lowest BCUT2D eigenvalue weighted by Crippen LogP contribution is -2.19. The SMILES string of the molecule is C/C=C/COC(=O)c1[nH]c2c(c1C)C(=O)C[C@H](c1ccc(C(C)(C)C)cc1)C2. The summed E-state index contributed by atoms with van der Waals surface area (Å²) in [4.78, 5) is 28.4. The van der Waals surface area contributed by atoms with Gasteiger partial charge in [0.25, 0.3) is 0 Å². The Hall–Kier alpha value is -2.62. The highest BCUT2D eigenvalue weighted by Gasteiger charge is 2.32. The van der Waals surface area contributed by atoms with Gasteiger partial charge in [0, 0.05) is 17.7 Å². The molecule has 1 N–H and O–H groups in total. The number of allylic oxidation sites excluding steroid dienone is 1. The van der Waals surface area contributed by atoms with Gasteiger partial charge in [-0.3, -0.25) is 4.79 Å². The van der Waals surface area contributed by atoms with Gasteiger partial charge >= 0.3 is 5.97 Å². The summed E-state index contributed by atoms with van der Waals surface area (Å²) in [6.07, 6.45) is 4.80. The zero-order chi connectivity index (χ0) is 20.5. The van der Waals surface area contributed by atoms with Crippen molar-refractivity contribution in [2.45, 2.75) is 58.8 Å². The number of hydrogen-bond donors (Lipinski definition) is 1. The van der Waals surface area contributed by atoms with Crippen LogP contribution < -0.4 is 0 Å². The van der Waals surface area contributed by atoms with E-state index in [9.17, 15) is 9.59 Å². The Morgan fingerprint density at radius 2 is 1.89 bits per heavy atom. The molecule has 2 aromatic rings. The number of aromatic amines is 1. The molecule has 0 bridgehead atoms. The minimum atomic E-state index is -0.413. The highest BCUT2D eigenvalue weighted by molar-refractivity contribution is 6.03. The summed E-state index contributed by atoms with van der Waals surface area (Å²) in [6.45, 7) is 10.5. The number of carbonyl (C=O) groups excluding carboxylic acids is 2. The monoisotopic (exact) mass is 379 g/mol. The van der Waals surface area contributed by atoms with E-state index in [0.717, 1.165) is 17.7 Å². The van der Waals surface area contributed by atoms with Crippen LogP contribution in [0.2, 0.25) is 0 Å². The Morgan fingerprint density at radius 1 is 1.21 bits per heavy atom. The lowest BCUT2D eigenvalue weighted by Gasteiger charge is -2.24. The van der Waals surface area contributed by atoms with E-state index < -0.39 is 5.97 Å². The van der Waals surface area contributed by atoms with Gasteiger partial charge in [0.2, 0.25) is 0 Å². The van der Waals surface area contributed by atoms with E-state index in [0.29, 0.717) is 23.2 Å². The van der Waals surface area contributed by atoms with E-state index in [1.54, 1.807) is 6.08 Å². The second-order valence-corrected chi connectivity index (χ2v) is 8.55. The first kappa shape index (κ1) is 20.1. The maximum absolute atomic E-state index is 12.8. The minimum absolute atomic E-state index is 0.0902. The number of H-pyrrole nitrogens is 1. The third kappa shape index (κ3) is 3.96. The topological polar surface area (TPSA) is 59.2 Å². The molecule has 0 saturated carbocycles. The van der Waals surface area contributed by atoms with Gasteiger partial charge in [-0.05, 0) is 48.3 Å². The largest absolute Gasteiger partial charge is 0.457 e. The highest BCUT2D eigenvalue weighted by Crippen LogP contribution is 2.36. The minimum Gasteiger partial charge on any atom is -0.457 e. The van der Waals surface area contributed by atoms with Crippen molar-refractivity contribution in [3.63, 3.8) is 0 Å². The zero-order valence-corrected chi connectivity index (χ0v) is 17.4. The number of fused-ring (bicyclic) bond motifs is 1. The van der Waals surface area contributed by atoms with Crippen LogP contribution in [0.5, 0.6) is 0 Å². The Balaban J connectivity index is 1.84. The summed E-state index contributed by atoms with van der Waals surface area (Å²) < 4.78 is 5.25. The number of benzene rings is 1. The lowest BCUT2D eigenvalue weighted by atomic mass is 9.80. The van der Waals surface area contributed by atoms with E-state index in [1.807, 2.05) is 19.9 Å². The molecule has 3 rings (SSSR count). The Labute approximate surface area is 167 Å². The molecule has 1 aromatic heterocycles. The molecule has 4 nitrogen and oxygen atoms in total. The van der Waals surface area contributed by atoms with Gasteiger partial charge in [0.05, 0.1) is 0 Å². The summed E-state index contributed by atoms with van der Waals surface area (Å²) in [6, 6.07) is 8.57. The third-order valence-electron chi connectivity index (χ3n) is 5.49. The zero-order valence-electron chi connectivity index (χ0n) is 17.4. The van der Waals surface area contributed by atoms with Crippen LogP contribution in [-0.4, -0.2) is 23.3 Å². The van der Waals surface area contributed by atoms with Gasteiger partial charge in [-0.1, -0.05) is 57.2 Å². The van der Waals surface area contributed by atoms with Crippen molar-refractivity contribution < 1.29 is 14.3 Å². The molecule has 148 valence electrons. The fourth-order valence-corrected chi connectivity index (χ4v) is 3.82. The number of esters is 1. The first-order chi connectivity index (χ1) is 13.2. The number of rotatable bonds is 4. The summed E-state index contributed by atoms with van der Waals surface area (Å²) in [5, 5.41) is 0. The average molecular weight is 380 g/mol. The summed E-state index contributed by atoms with van der Waals surface area (Å²) in [5.74, 6) is -0.199. The number of ether oxygens (including phenoxy) is 1. The normalized spacial score (nSPS) is 17.0. The van der Waals surface area contributed by atoms with Crippen LogP contribution in [0.4, 0.5) is 0 Å². The first-order valence-corrected chi connectivity index (χ1v) is 9.85. The van der Waals surface area contributed by atoms with Crippen LogP contribution in [-0.2, 0) is 16.6 Å². The first-order valence-electron chi connectivity index (χ1n) is 9.85. The Morgan fingerprint density at radius 3 is 2.50 bits per heavy atom. The van der Waals surface area contributed by atoms with Crippen molar-refractivity contribution in [3.05, 3.63) is 70.1 Å². The maximum atomic E-state index is 12.8. The quantitative estimate of drug-likeness (QED) is 0.582. The van der Waals surface area contributed by atoms with Crippen LogP contribution in [0.15, 0.2) is 36.4 Å². The van der Waals surface area contributed by atoms with E-state index in [2.05, 4.69) is 50.0 Å². The molecule has 28 heavy (non-hydrogen) atoms. The van der Waals surface area contributed by atoms with Crippen molar-refractivity contribution in [1.29, 1.82) is 0 Å². The van der Waals surface area contributed by atoms with Gasteiger partial charge in [-0.15, -0.1) is 0 Å². The van der Waals surface area contributed by atoms with Gasteiger partial charge < -0.3 is 9.72 Å². The fourth-order valence-electron chi connectivity index (χ4n) is 3.82. The van der Waals surface area contributed by atoms with Gasteiger partial charge in [0.1, 0.15) is 12.3 Å². The third-order valence-corrected chi connectivity index (χ3v) is 5.49. The van der Waals surface area contributed by atoms with E-state index in [4.69, 9.17) is 4.74 Å². The number of carbonyl (C=O) groups is 2. The van der Waals surface area contributed by atoms with Crippen molar-refractivity contribution in [3.8, 4) is 0 Å². The standard InChI is InChI=1S/C24H29NO3/c1-6-7-12-28-23(27)22-15(2)21-19(25-22)13-17(14-20(21)26)16-8-10-18(11-9-16)24(3,4)5/h6-11,17,25H,12-14H2,1-5H3/b7-6+/t17-/m1/s1. The molecule has 0 amide bonds. The molecule has 0 fully saturated rings. The summed E-state index contributed by atoms with van der Waals surface area (Å²) in [7, 11) is 0. The molecule has 1 aromatic carbocycles. The van der Waals surface area contributed by atoms with Gasteiger partial charge in [-0.25, -0.2) is 4.79 Å². The molecule has 0 radical (unpaired) electrons. The van der Waals surface area contributed by atoms with Crippen molar-refractivity contribution >= 4 is 11.8 Å². The molecule has 1 aliphatic carbocycles. The number of nitrogens with one attached hydrogen (secondary N) is 1. The van der Waals surface area contributed by atoms with Crippen molar-refractivity contribution in [2.24, 2.45) is 0 Å². The molecule has 4 heteroatoms. The van der Waals surface area contributed by atoms with Crippen LogP contribution >= 0.6 is 0 Å². The number of hydrogen-bond acceptors (Lipinski definition) is 3. The summed E-state index contributed by atoms with van der Waals surface area (Å²) >= 11 is 0. The molecular formula is C24H29NO3. The average Bonchev–Trinajstić information content (AvgIpc) is 2.98. The van der Waals surface area contributed by atoms with Crippen molar-refractivity contribution in [2.75, 3.05) is 6.61 Å². The van der Waals surface area contributed by atoms with Crippen LogP contribution in [0.1, 0.15) is 83.3 Å². The van der Waals surface area contributed by atoms with Crippen LogP contribution in [0.25, 0.3) is 0 Å². The van der Waals surface area contributed by atoms with E-state index in [1.165, 1.54) is 5.56 Å². The number of aromatic nitrogens is 1. The lowest BCUT2D eigenvalue weighted by molar-refractivity contribution is 0.0542. The van der Waals surface area contributed by atoms with E-state index in [-0.39, 0.29) is 23.7 Å². The molecule has 0 unspecified atom stereocenters. The molecule has 1 heterocycles. The number of ketones is 1. The Kier molecular flexibility index (Phi) is 5.59. The van der Waals surface area contributed by atoms with E-state index >= 15 is 0 Å². The molecule has 0 saturated heterocycles. The van der Waals surface area contributed by atoms with Crippen LogP contribution in [0.3, 0.4) is 0 Å². The molecule has 0 spiro atoms. The molecule has 1 aliphatic rings. The predicted octanol–water partition coefficient (Wildman–Crippen LogP) is 5.27. The maximum Gasteiger partial charge on any atom is 0.355 e. The number of Topliss-reactive ketones (excluding diaryl/α,β-unsaturated/α-hetero) is 1. The van der Waals surface area contributed by atoms with Gasteiger partial charge in [0.15, 0.2) is 5.78 Å². The second-order valence-electron chi connectivity index (χ2n) is 8.55. The smallest absolute Gasteiger partial charge is 0.355 e.